The smallest absolute Gasteiger partial charge is 0.0911 e. The molecule has 0 amide bonds. The maximum Gasteiger partial charge on any atom is 0.0911 e. The first-order chi connectivity index (χ1) is 8.20. The summed E-state index contributed by atoms with van der Waals surface area (Å²) in [4.78, 5) is 6.74. The fraction of sp³-hybridized carbons (Fsp3) is 0.429. The Bertz CT molecular complexity index is 473. The molecule has 0 aliphatic carbocycles. The predicted molar refractivity (Wildman–Crippen MR) is 68.9 cm³/mol. The molecule has 1 aromatic heterocycles. The van der Waals surface area contributed by atoms with Gasteiger partial charge in [0.15, 0.2) is 0 Å². The van der Waals surface area contributed by atoms with Crippen LogP contribution in [0.4, 0.5) is 5.69 Å². The Morgan fingerprint density at radius 2 is 2.06 bits per heavy atom. The number of allylic oxidation sites excluding steroid dienone is 1. The molecule has 0 bridgehead atoms. The SMILES string of the molecule is Cc1cc(N2CCC(=CC#N)CC2)cnc1C. The van der Waals surface area contributed by atoms with Crippen molar-refractivity contribution in [3.05, 3.63) is 35.2 Å². The molecule has 1 aromatic rings. The van der Waals surface area contributed by atoms with E-state index >= 15 is 0 Å². The lowest BCUT2D eigenvalue weighted by Crippen LogP contribution is -2.30. The van der Waals surface area contributed by atoms with Crippen LogP contribution in [0.25, 0.3) is 0 Å². The van der Waals surface area contributed by atoms with E-state index in [1.807, 2.05) is 13.1 Å². The summed E-state index contributed by atoms with van der Waals surface area (Å²) in [5.41, 5.74) is 4.79. The van der Waals surface area contributed by atoms with Gasteiger partial charge in [0.05, 0.1) is 18.0 Å². The van der Waals surface area contributed by atoms with Crippen LogP contribution in [-0.2, 0) is 0 Å². The summed E-state index contributed by atoms with van der Waals surface area (Å²) >= 11 is 0. The zero-order valence-electron chi connectivity index (χ0n) is 10.4. The Balaban J connectivity index is 2.08. The molecule has 0 radical (unpaired) electrons. The van der Waals surface area contributed by atoms with E-state index in [-0.39, 0.29) is 0 Å². The van der Waals surface area contributed by atoms with Crippen LogP contribution < -0.4 is 4.90 Å². The van der Waals surface area contributed by atoms with Crippen LogP contribution in [0.15, 0.2) is 23.9 Å². The minimum atomic E-state index is 0.984. The number of piperidine rings is 1. The molecule has 1 aliphatic heterocycles. The van der Waals surface area contributed by atoms with Crippen molar-refractivity contribution in [1.29, 1.82) is 5.26 Å². The van der Waals surface area contributed by atoms with Gasteiger partial charge < -0.3 is 4.90 Å². The summed E-state index contributed by atoms with van der Waals surface area (Å²) in [7, 11) is 0. The van der Waals surface area contributed by atoms with E-state index < -0.39 is 0 Å². The Labute approximate surface area is 102 Å². The minimum absolute atomic E-state index is 0.984. The summed E-state index contributed by atoms with van der Waals surface area (Å²) in [6.45, 7) is 6.09. The molecule has 3 heteroatoms. The van der Waals surface area contributed by atoms with Gasteiger partial charge in [-0.15, -0.1) is 0 Å². The molecular weight excluding hydrogens is 210 g/mol. The lowest BCUT2D eigenvalue weighted by atomic mass is 10.0. The largest absolute Gasteiger partial charge is 0.370 e. The summed E-state index contributed by atoms with van der Waals surface area (Å²) in [5.74, 6) is 0. The second-order valence-electron chi connectivity index (χ2n) is 4.51. The third kappa shape index (κ3) is 2.65. The van der Waals surface area contributed by atoms with Crippen molar-refractivity contribution in [3.63, 3.8) is 0 Å². The molecule has 0 saturated carbocycles. The molecule has 88 valence electrons. The van der Waals surface area contributed by atoms with Crippen molar-refractivity contribution in [2.24, 2.45) is 0 Å². The van der Waals surface area contributed by atoms with E-state index in [0.717, 1.165) is 31.6 Å². The monoisotopic (exact) mass is 227 g/mol. The lowest BCUT2D eigenvalue weighted by molar-refractivity contribution is 0.683. The van der Waals surface area contributed by atoms with Gasteiger partial charge in [0.1, 0.15) is 0 Å². The van der Waals surface area contributed by atoms with Crippen LogP contribution >= 0.6 is 0 Å². The fourth-order valence-electron chi connectivity index (χ4n) is 2.09. The summed E-state index contributed by atoms with van der Waals surface area (Å²) in [6.07, 6.45) is 5.61. The lowest BCUT2D eigenvalue weighted by Gasteiger charge is -2.30. The van der Waals surface area contributed by atoms with Crippen LogP contribution in [0.5, 0.6) is 0 Å². The van der Waals surface area contributed by atoms with Crippen molar-refractivity contribution in [2.45, 2.75) is 26.7 Å². The van der Waals surface area contributed by atoms with Gasteiger partial charge in [-0.05, 0) is 38.3 Å². The van der Waals surface area contributed by atoms with E-state index in [2.05, 4.69) is 28.9 Å². The van der Waals surface area contributed by atoms with Crippen LogP contribution in [-0.4, -0.2) is 18.1 Å². The summed E-state index contributed by atoms with van der Waals surface area (Å²) in [5, 5.41) is 8.62. The van der Waals surface area contributed by atoms with E-state index in [9.17, 15) is 0 Å². The molecule has 0 aromatic carbocycles. The maximum absolute atomic E-state index is 8.62. The second kappa shape index (κ2) is 5.01. The molecule has 1 fully saturated rings. The van der Waals surface area contributed by atoms with Crippen LogP contribution in [0.2, 0.25) is 0 Å². The van der Waals surface area contributed by atoms with E-state index in [1.54, 1.807) is 6.08 Å². The van der Waals surface area contributed by atoms with E-state index in [1.165, 1.54) is 16.8 Å². The van der Waals surface area contributed by atoms with Crippen LogP contribution in [0.1, 0.15) is 24.1 Å². The Hall–Kier alpha value is -1.82. The number of anilines is 1. The van der Waals surface area contributed by atoms with Crippen molar-refractivity contribution < 1.29 is 0 Å². The topological polar surface area (TPSA) is 39.9 Å². The number of hydrogen-bond acceptors (Lipinski definition) is 3. The van der Waals surface area contributed by atoms with Gasteiger partial charge in [-0.25, -0.2) is 0 Å². The summed E-state index contributed by atoms with van der Waals surface area (Å²) < 4.78 is 0. The summed E-state index contributed by atoms with van der Waals surface area (Å²) in [6, 6.07) is 4.31. The number of rotatable bonds is 1. The highest BCUT2D eigenvalue weighted by Crippen LogP contribution is 2.23. The number of aryl methyl sites for hydroxylation is 2. The van der Waals surface area contributed by atoms with Gasteiger partial charge in [-0.2, -0.15) is 5.26 Å². The second-order valence-corrected chi connectivity index (χ2v) is 4.51. The Kier molecular flexibility index (Phi) is 3.43. The normalized spacial score (nSPS) is 15.6. The fourth-order valence-corrected chi connectivity index (χ4v) is 2.09. The van der Waals surface area contributed by atoms with Crippen molar-refractivity contribution in [3.8, 4) is 6.07 Å². The number of nitrogens with zero attached hydrogens (tertiary/aromatic N) is 3. The van der Waals surface area contributed by atoms with Gasteiger partial charge in [0.2, 0.25) is 0 Å². The van der Waals surface area contributed by atoms with Gasteiger partial charge in [-0.3, -0.25) is 4.98 Å². The third-order valence-corrected chi connectivity index (χ3v) is 3.37. The van der Waals surface area contributed by atoms with Crippen molar-refractivity contribution >= 4 is 5.69 Å². The molecule has 17 heavy (non-hydrogen) atoms. The first-order valence-electron chi connectivity index (χ1n) is 5.96. The standard InChI is InChI=1S/C14H17N3/c1-11-9-14(10-16-12(11)2)17-7-4-13(3-6-15)5-8-17/h3,9-10H,4-5,7-8H2,1-2H3. The Morgan fingerprint density at radius 3 is 2.65 bits per heavy atom. The van der Waals surface area contributed by atoms with Crippen molar-refractivity contribution in [1.82, 2.24) is 4.98 Å². The van der Waals surface area contributed by atoms with Gasteiger partial charge in [-0.1, -0.05) is 5.57 Å². The van der Waals surface area contributed by atoms with Gasteiger partial charge >= 0.3 is 0 Å². The minimum Gasteiger partial charge on any atom is -0.370 e. The number of aromatic nitrogens is 1. The molecule has 3 nitrogen and oxygen atoms in total. The average molecular weight is 227 g/mol. The molecule has 2 rings (SSSR count). The quantitative estimate of drug-likeness (QED) is 0.692. The number of nitriles is 1. The molecule has 1 aliphatic rings. The van der Waals surface area contributed by atoms with Crippen LogP contribution in [0, 0.1) is 25.2 Å². The van der Waals surface area contributed by atoms with Crippen molar-refractivity contribution in [2.75, 3.05) is 18.0 Å². The van der Waals surface area contributed by atoms with Gasteiger partial charge in [0, 0.05) is 24.9 Å². The molecule has 0 atom stereocenters. The average Bonchev–Trinajstić information content (AvgIpc) is 2.34. The third-order valence-electron chi connectivity index (χ3n) is 3.37. The van der Waals surface area contributed by atoms with Gasteiger partial charge in [0.25, 0.3) is 0 Å². The van der Waals surface area contributed by atoms with E-state index in [4.69, 9.17) is 5.26 Å². The van der Waals surface area contributed by atoms with Crippen LogP contribution in [0.3, 0.4) is 0 Å². The highest BCUT2D eigenvalue weighted by Gasteiger charge is 2.14. The molecule has 0 unspecified atom stereocenters. The van der Waals surface area contributed by atoms with E-state index in [0.29, 0.717) is 0 Å². The molecule has 2 heterocycles. The Morgan fingerprint density at radius 1 is 1.35 bits per heavy atom. The zero-order chi connectivity index (χ0) is 12.3. The molecule has 0 N–H and O–H groups in total. The number of hydrogen-bond donors (Lipinski definition) is 0. The highest BCUT2D eigenvalue weighted by atomic mass is 15.1. The predicted octanol–water partition coefficient (Wildman–Crippen LogP) is 2.75. The first kappa shape index (κ1) is 11.7. The molecular formula is C14H17N3. The first-order valence-corrected chi connectivity index (χ1v) is 5.96. The highest BCUT2D eigenvalue weighted by molar-refractivity contribution is 5.48. The number of pyridine rings is 1. The maximum atomic E-state index is 8.62. The molecule has 1 saturated heterocycles. The molecule has 0 spiro atoms. The zero-order valence-corrected chi connectivity index (χ0v) is 10.4.